The maximum Gasteiger partial charge on any atom is 0.203 e. The topological polar surface area (TPSA) is 57.2 Å². The van der Waals surface area contributed by atoms with Crippen LogP contribution in [0.5, 0.6) is 23.0 Å². The third-order valence-corrected chi connectivity index (χ3v) is 3.04. The molecular formula is C13H18O5. The number of benzene rings is 1. The SMILES string of the molecule is COc1cc2c(c(OC)c1OC)[C@H](O)CCCO2. The van der Waals surface area contributed by atoms with Gasteiger partial charge < -0.3 is 24.1 Å². The van der Waals surface area contributed by atoms with E-state index in [1.807, 2.05) is 0 Å². The molecule has 5 nitrogen and oxygen atoms in total. The predicted molar refractivity (Wildman–Crippen MR) is 65.8 cm³/mol. The maximum absolute atomic E-state index is 10.2. The second-order valence-electron chi connectivity index (χ2n) is 4.06. The summed E-state index contributed by atoms with van der Waals surface area (Å²) in [4.78, 5) is 0. The molecule has 1 aromatic carbocycles. The Bertz CT molecular complexity index is 430. The summed E-state index contributed by atoms with van der Waals surface area (Å²) in [6.07, 6.45) is 0.819. The number of aliphatic hydroxyl groups is 1. The van der Waals surface area contributed by atoms with Crippen LogP contribution >= 0.6 is 0 Å². The average molecular weight is 254 g/mol. The van der Waals surface area contributed by atoms with Gasteiger partial charge in [0.05, 0.1) is 39.6 Å². The first-order valence-corrected chi connectivity index (χ1v) is 5.86. The first-order chi connectivity index (χ1) is 8.72. The molecule has 0 unspecified atom stereocenters. The average Bonchev–Trinajstić information content (AvgIpc) is 2.58. The van der Waals surface area contributed by atoms with Crippen LogP contribution < -0.4 is 18.9 Å². The molecule has 0 radical (unpaired) electrons. The molecule has 1 N–H and O–H groups in total. The number of ether oxygens (including phenoxy) is 4. The Kier molecular flexibility index (Phi) is 3.81. The number of hydrogen-bond acceptors (Lipinski definition) is 5. The zero-order valence-electron chi connectivity index (χ0n) is 10.9. The fourth-order valence-corrected chi connectivity index (χ4v) is 2.19. The molecule has 0 fully saturated rings. The van der Waals surface area contributed by atoms with Gasteiger partial charge in [0.25, 0.3) is 0 Å². The van der Waals surface area contributed by atoms with E-state index in [0.717, 1.165) is 6.42 Å². The van der Waals surface area contributed by atoms with Crippen LogP contribution in [0.1, 0.15) is 24.5 Å². The lowest BCUT2D eigenvalue weighted by molar-refractivity contribution is 0.162. The smallest absolute Gasteiger partial charge is 0.203 e. The highest BCUT2D eigenvalue weighted by molar-refractivity contribution is 5.62. The molecule has 1 heterocycles. The summed E-state index contributed by atoms with van der Waals surface area (Å²) in [6, 6.07) is 1.73. The molecule has 0 bridgehead atoms. The van der Waals surface area contributed by atoms with Crippen LogP contribution in [0.2, 0.25) is 0 Å². The fraction of sp³-hybridized carbons (Fsp3) is 0.538. The Labute approximate surface area is 106 Å². The van der Waals surface area contributed by atoms with Crippen molar-refractivity contribution in [3.05, 3.63) is 11.6 Å². The quantitative estimate of drug-likeness (QED) is 0.893. The van der Waals surface area contributed by atoms with Crippen LogP contribution in [-0.4, -0.2) is 33.0 Å². The Morgan fingerprint density at radius 3 is 2.50 bits per heavy atom. The van der Waals surface area contributed by atoms with Crippen molar-refractivity contribution >= 4 is 0 Å². The molecule has 0 saturated carbocycles. The highest BCUT2D eigenvalue weighted by atomic mass is 16.5. The van der Waals surface area contributed by atoms with Gasteiger partial charge in [-0.25, -0.2) is 0 Å². The molecular weight excluding hydrogens is 236 g/mol. The van der Waals surface area contributed by atoms with Gasteiger partial charge in [0.15, 0.2) is 11.5 Å². The van der Waals surface area contributed by atoms with E-state index >= 15 is 0 Å². The molecule has 1 atom stereocenters. The van der Waals surface area contributed by atoms with E-state index in [-0.39, 0.29) is 0 Å². The van der Waals surface area contributed by atoms with E-state index in [4.69, 9.17) is 18.9 Å². The molecule has 100 valence electrons. The Hall–Kier alpha value is -1.62. The zero-order chi connectivity index (χ0) is 13.1. The van der Waals surface area contributed by atoms with Crippen LogP contribution in [0.3, 0.4) is 0 Å². The van der Waals surface area contributed by atoms with Gasteiger partial charge in [-0.3, -0.25) is 0 Å². The van der Waals surface area contributed by atoms with E-state index in [9.17, 15) is 5.11 Å². The van der Waals surface area contributed by atoms with Gasteiger partial charge in [-0.05, 0) is 12.8 Å². The van der Waals surface area contributed by atoms with Crippen LogP contribution in [0.4, 0.5) is 0 Å². The van der Waals surface area contributed by atoms with E-state index in [0.29, 0.717) is 41.6 Å². The molecule has 0 saturated heterocycles. The van der Waals surface area contributed by atoms with Crippen molar-refractivity contribution < 1.29 is 24.1 Å². The molecule has 1 aromatic rings. The van der Waals surface area contributed by atoms with E-state index in [1.54, 1.807) is 13.2 Å². The van der Waals surface area contributed by atoms with E-state index in [1.165, 1.54) is 14.2 Å². The number of methoxy groups -OCH3 is 3. The van der Waals surface area contributed by atoms with Gasteiger partial charge in [-0.1, -0.05) is 0 Å². The van der Waals surface area contributed by atoms with E-state index in [2.05, 4.69) is 0 Å². The molecule has 1 aliphatic heterocycles. The van der Waals surface area contributed by atoms with Crippen molar-refractivity contribution in [2.24, 2.45) is 0 Å². The van der Waals surface area contributed by atoms with Gasteiger partial charge in [0, 0.05) is 6.07 Å². The molecule has 0 amide bonds. The summed E-state index contributed by atoms with van der Waals surface area (Å²) < 4.78 is 21.5. The van der Waals surface area contributed by atoms with Crippen molar-refractivity contribution in [2.45, 2.75) is 18.9 Å². The first kappa shape index (κ1) is 12.8. The summed E-state index contributed by atoms with van der Waals surface area (Å²) in [7, 11) is 4.63. The lowest BCUT2D eigenvalue weighted by atomic mass is 10.0. The highest BCUT2D eigenvalue weighted by Gasteiger charge is 2.28. The molecule has 2 rings (SSSR count). The largest absolute Gasteiger partial charge is 0.493 e. The zero-order valence-corrected chi connectivity index (χ0v) is 10.9. The van der Waals surface area contributed by atoms with Crippen LogP contribution in [0, 0.1) is 0 Å². The van der Waals surface area contributed by atoms with Gasteiger partial charge in [-0.15, -0.1) is 0 Å². The molecule has 0 aliphatic carbocycles. The van der Waals surface area contributed by atoms with Crippen LogP contribution in [-0.2, 0) is 0 Å². The van der Waals surface area contributed by atoms with Crippen molar-refractivity contribution in [1.82, 2.24) is 0 Å². The molecule has 1 aliphatic rings. The monoisotopic (exact) mass is 254 g/mol. The highest BCUT2D eigenvalue weighted by Crippen LogP contribution is 2.49. The second-order valence-corrected chi connectivity index (χ2v) is 4.06. The number of rotatable bonds is 3. The second kappa shape index (κ2) is 5.35. The summed E-state index contributed by atoms with van der Waals surface area (Å²) >= 11 is 0. The molecule has 5 heteroatoms. The molecule has 18 heavy (non-hydrogen) atoms. The summed E-state index contributed by atoms with van der Waals surface area (Å²) in [6.45, 7) is 0.572. The van der Waals surface area contributed by atoms with Gasteiger partial charge in [-0.2, -0.15) is 0 Å². The van der Waals surface area contributed by atoms with Crippen LogP contribution in [0.15, 0.2) is 6.07 Å². The standard InChI is InChI=1S/C13H18O5/c1-15-10-7-9-11(8(14)5-4-6-18-9)13(17-3)12(10)16-2/h7-8,14H,4-6H2,1-3H3/t8-/m1/s1. The van der Waals surface area contributed by atoms with Crippen molar-refractivity contribution in [3.8, 4) is 23.0 Å². The number of fused-ring (bicyclic) bond motifs is 1. The minimum atomic E-state index is -0.614. The van der Waals surface area contributed by atoms with E-state index < -0.39 is 6.10 Å². The molecule has 0 aromatic heterocycles. The van der Waals surface area contributed by atoms with Crippen molar-refractivity contribution in [3.63, 3.8) is 0 Å². The Morgan fingerprint density at radius 1 is 1.17 bits per heavy atom. The lowest BCUT2D eigenvalue weighted by Crippen LogP contribution is -2.04. The van der Waals surface area contributed by atoms with Crippen LogP contribution in [0.25, 0.3) is 0 Å². The van der Waals surface area contributed by atoms with Gasteiger partial charge in [0.1, 0.15) is 5.75 Å². The molecule has 0 spiro atoms. The fourth-order valence-electron chi connectivity index (χ4n) is 2.19. The van der Waals surface area contributed by atoms with Crippen molar-refractivity contribution in [1.29, 1.82) is 0 Å². The van der Waals surface area contributed by atoms with Gasteiger partial charge in [0.2, 0.25) is 5.75 Å². The normalized spacial score (nSPS) is 18.3. The number of hydrogen-bond donors (Lipinski definition) is 1. The minimum Gasteiger partial charge on any atom is -0.493 e. The first-order valence-electron chi connectivity index (χ1n) is 5.86. The minimum absolute atomic E-state index is 0.473. The Morgan fingerprint density at radius 2 is 1.89 bits per heavy atom. The number of aliphatic hydroxyl groups excluding tert-OH is 1. The maximum atomic E-state index is 10.2. The third-order valence-electron chi connectivity index (χ3n) is 3.04. The van der Waals surface area contributed by atoms with Gasteiger partial charge >= 0.3 is 0 Å². The lowest BCUT2D eigenvalue weighted by Gasteiger charge is -2.20. The summed E-state index contributed by atoms with van der Waals surface area (Å²) in [5.41, 5.74) is 0.632. The summed E-state index contributed by atoms with van der Waals surface area (Å²) in [5.74, 6) is 2.07. The van der Waals surface area contributed by atoms with Crippen molar-refractivity contribution in [2.75, 3.05) is 27.9 Å². The third kappa shape index (κ3) is 2.06. The predicted octanol–water partition coefficient (Wildman–Crippen LogP) is 1.92. The summed E-state index contributed by atoms with van der Waals surface area (Å²) in [5, 5.41) is 10.2. The Balaban J connectivity index is 2.64.